The number of hydrazone groups is 1. The van der Waals surface area contributed by atoms with Crippen LogP contribution in [0, 0.1) is 11.6 Å². The molecular weight excluding hydrogens is 535 g/mol. The zero-order valence-corrected chi connectivity index (χ0v) is 20.3. The van der Waals surface area contributed by atoms with Crippen molar-refractivity contribution in [1.29, 1.82) is 0 Å². The van der Waals surface area contributed by atoms with Crippen LogP contribution in [0.5, 0.6) is 0 Å². The number of hydrogen-bond donors (Lipinski definition) is 0. The van der Waals surface area contributed by atoms with Crippen LogP contribution in [0.3, 0.4) is 0 Å². The topological polar surface area (TPSA) is 53.0 Å². The van der Waals surface area contributed by atoms with Gasteiger partial charge in [-0.1, -0.05) is 6.08 Å². The summed E-state index contributed by atoms with van der Waals surface area (Å²) in [5, 5.41) is 4.18. The van der Waals surface area contributed by atoms with E-state index in [0.717, 1.165) is 34.1 Å². The van der Waals surface area contributed by atoms with Gasteiger partial charge in [0.2, 0.25) is 10.0 Å². The molecule has 0 saturated heterocycles. The number of thiophene rings is 1. The molecule has 1 unspecified atom stereocenters. The van der Waals surface area contributed by atoms with E-state index < -0.39 is 57.6 Å². The average molecular weight is 556 g/mol. The van der Waals surface area contributed by atoms with E-state index >= 15 is 0 Å². The highest BCUT2D eigenvalue weighted by atomic mass is 32.2. The van der Waals surface area contributed by atoms with E-state index in [0.29, 0.717) is 22.2 Å². The summed E-state index contributed by atoms with van der Waals surface area (Å²) in [6.07, 6.45) is -4.62. The molecule has 0 bridgehead atoms. The predicted octanol–water partition coefficient (Wildman–Crippen LogP) is 5.97. The number of alkyl halides is 5. The SMILES string of the molecule is CCS(=O)(=O)N1CC=C(c2ccc(C3CC(C(F)(F)C(F)(F)F)=NN3c3ccc(F)cc3F)s2)CC1. The summed E-state index contributed by atoms with van der Waals surface area (Å²) in [5.41, 5.74) is -1.12. The van der Waals surface area contributed by atoms with Crippen molar-refractivity contribution in [2.45, 2.75) is 37.9 Å². The second kappa shape index (κ2) is 9.45. The predicted molar refractivity (Wildman–Crippen MR) is 123 cm³/mol. The molecule has 2 aromatic rings. The molecule has 4 rings (SSSR count). The van der Waals surface area contributed by atoms with E-state index in [1.807, 2.05) is 0 Å². The lowest BCUT2D eigenvalue weighted by Crippen LogP contribution is -2.43. The Labute approximate surface area is 206 Å². The van der Waals surface area contributed by atoms with E-state index in [2.05, 4.69) is 5.10 Å². The zero-order chi connectivity index (χ0) is 26.5. The molecule has 36 heavy (non-hydrogen) atoms. The lowest BCUT2D eigenvalue weighted by Gasteiger charge is -2.25. The van der Waals surface area contributed by atoms with Crippen LogP contribution in [-0.4, -0.2) is 49.4 Å². The minimum absolute atomic E-state index is 0.0400. The van der Waals surface area contributed by atoms with Crippen LogP contribution in [0.25, 0.3) is 5.57 Å². The molecule has 0 N–H and O–H groups in total. The molecule has 0 radical (unpaired) electrons. The second-order valence-electron chi connectivity index (χ2n) is 8.22. The summed E-state index contributed by atoms with van der Waals surface area (Å²) in [7, 11) is -3.37. The molecular formula is C22H20F7N3O2S2. The Morgan fingerprint density at radius 1 is 1.11 bits per heavy atom. The molecule has 1 atom stereocenters. The number of halogens is 7. The van der Waals surface area contributed by atoms with Crippen LogP contribution < -0.4 is 5.01 Å². The molecule has 0 amide bonds. The fraction of sp³-hybridized carbons (Fsp3) is 0.409. The molecule has 5 nitrogen and oxygen atoms in total. The van der Waals surface area contributed by atoms with Crippen molar-refractivity contribution < 1.29 is 39.2 Å². The van der Waals surface area contributed by atoms with E-state index in [1.54, 1.807) is 12.1 Å². The van der Waals surface area contributed by atoms with E-state index in [1.165, 1.54) is 17.3 Å². The number of anilines is 1. The van der Waals surface area contributed by atoms with Crippen LogP contribution in [0.15, 0.2) is 41.5 Å². The van der Waals surface area contributed by atoms with Crippen LogP contribution in [0.4, 0.5) is 36.4 Å². The number of hydrogen-bond acceptors (Lipinski definition) is 5. The van der Waals surface area contributed by atoms with Gasteiger partial charge in [0.25, 0.3) is 0 Å². The highest BCUT2D eigenvalue weighted by molar-refractivity contribution is 7.89. The molecule has 0 saturated carbocycles. The van der Waals surface area contributed by atoms with Crippen molar-refractivity contribution in [1.82, 2.24) is 4.31 Å². The first-order chi connectivity index (χ1) is 16.7. The van der Waals surface area contributed by atoms with Crippen molar-refractivity contribution in [3.8, 4) is 0 Å². The van der Waals surface area contributed by atoms with Crippen molar-refractivity contribution in [2.24, 2.45) is 5.10 Å². The molecule has 2 aliphatic rings. The van der Waals surface area contributed by atoms with Gasteiger partial charge in [-0.3, -0.25) is 5.01 Å². The Balaban J connectivity index is 1.66. The van der Waals surface area contributed by atoms with Gasteiger partial charge in [0.05, 0.1) is 17.5 Å². The number of nitrogens with zero attached hydrogens (tertiary/aromatic N) is 3. The molecule has 196 valence electrons. The molecule has 0 fully saturated rings. The van der Waals surface area contributed by atoms with Gasteiger partial charge >= 0.3 is 12.1 Å². The maximum atomic E-state index is 14.5. The smallest absolute Gasteiger partial charge is 0.254 e. The average Bonchev–Trinajstić information content (AvgIpc) is 3.46. The summed E-state index contributed by atoms with van der Waals surface area (Å²) in [4.78, 5) is 1.02. The Kier molecular flexibility index (Phi) is 6.99. The minimum atomic E-state index is -5.90. The molecule has 2 aliphatic heterocycles. The minimum Gasteiger partial charge on any atom is -0.254 e. The number of rotatable bonds is 6. The summed E-state index contributed by atoms with van der Waals surface area (Å²) in [5.74, 6) is -7.39. The lowest BCUT2D eigenvalue weighted by atomic mass is 10.0. The van der Waals surface area contributed by atoms with Crippen molar-refractivity contribution in [2.75, 3.05) is 23.9 Å². The Morgan fingerprint density at radius 2 is 1.83 bits per heavy atom. The fourth-order valence-electron chi connectivity index (χ4n) is 3.99. The maximum absolute atomic E-state index is 14.5. The summed E-state index contributed by atoms with van der Waals surface area (Å²) >= 11 is 1.10. The molecule has 0 aliphatic carbocycles. The third-order valence-corrected chi connectivity index (χ3v) is 9.10. The second-order valence-corrected chi connectivity index (χ2v) is 11.6. The van der Waals surface area contributed by atoms with E-state index in [9.17, 15) is 39.2 Å². The van der Waals surface area contributed by atoms with Gasteiger partial charge < -0.3 is 0 Å². The van der Waals surface area contributed by atoms with E-state index in [4.69, 9.17) is 0 Å². The Hall–Kier alpha value is -2.45. The molecule has 1 aromatic heterocycles. The molecule has 0 spiro atoms. The van der Waals surface area contributed by atoms with Crippen LogP contribution in [0.1, 0.15) is 35.6 Å². The summed E-state index contributed by atoms with van der Waals surface area (Å²) in [6, 6.07) is 4.26. The van der Waals surface area contributed by atoms with Gasteiger partial charge in [-0.05, 0) is 43.2 Å². The third-order valence-electron chi connectivity index (χ3n) is 5.99. The quantitative estimate of drug-likeness (QED) is 0.413. The Morgan fingerprint density at radius 3 is 2.42 bits per heavy atom. The van der Waals surface area contributed by atoms with Crippen molar-refractivity contribution in [3.05, 3.63) is 57.8 Å². The number of sulfonamides is 1. The van der Waals surface area contributed by atoms with Gasteiger partial charge in [0, 0.05) is 35.3 Å². The van der Waals surface area contributed by atoms with Crippen LogP contribution in [0.2, 0.25) is 0 Å². The fourth-order valence-corrected chi connectivity index (χ4v) is 6.19. The molecule has 3 heterocycles. The van der Waals surface area contributed by atoms with E-state index in [-0.39, 0.29) is 18.8 Å². The monoisotopic (exact) mass is 555 g/mol. The largest absolute Gasteiger partial charge is 0.459 e. The Bertz CT molecular complexity index is 1320. The third kappa shape index (κ3) is 4.90. The van der Waals surface area contributed by atoms with Gasteiger partial charge in [-0.25, -0.2) is 17.2 Å². The van der Waals surface area contributed by atoms with Crippen LogP contribution >= 0.6 is 11.3 Å². The van der Waals surface area contributed by atoms with Gasteiger partial charge in [0.1, 0.15) is 11.5 Å². The number of benzene rings is 1. The van der Waals surface area contributed by atoms with Crippen molar-refractivity contribution >= 4 is 38.3 Å². The first kappa shape index (κ1) is 26.6. The highest BCUT2D eigenvalue weighted by Gasteiger charge is 2.63. The first-order valence-corrected chi connectivity index (χ1v) is 13.2. The maximum Gasteiger partial charge on any atom is 0.459 e. The molecule has 14 heteroatoms. The van der Waals surface area contributed by atoms with Gasteiger partial charge in [-0.15, -0.1) is 11.3 Å². The van der Waals surface area contributed by atoms with Crippen LogP contribution in [-0.2, 0) is 10.0 Å². The van der Waals surface area contributed by atoms with Gasteiger partial charge in [0.15, 0.2) is 5.82 Å². The highest BCUT2D eigenvalue weighted by Crippen LogP contribution is 2.46. The summed E-state index contributed by atoms with van der Waals surface area (Å²) < 4.78 is 121. The lowest BCUT2D eigenvalue weighted by molar-refractivity contribution is -0.249. The zero-order valence-electron chi connectivity index (χ0n) is 18.7. The van der Waals surface area contributed by atoms with Gasteiger partial charge in [-0.2, -0.15) is 31.4 Å². The van der Waals surface area contributed by atoms with Crippen molar-refractivity contribution in [3.63, 3.8) is 0 Å². The first-order valence-electron chi connectivity index (χ1n) is 10.8. The normalized spacial score (nSPS) is 20.0. The summed E-state index contributed by atoms with van der Waals surface area (Å²) in [6.45, 7) is 1.94. The molecule has 1 aromatic carbocycles. The standard InChI is InChI=1S/C22H20F7N3O2S2/c1-2-36(33,34)31-9-7-13(8-10-31)18-5-6-19(35-18)17-12-20(21(25,26)22(27,28)29)30-32(17)16-4-3-14(23)11-15(16)24/h3-7,11,17H,2,8-10,12H2,1H3.